The van der Waals surface area contributed by atoms with E-state index in [2.05, 4.69) is 53.3 Å². The second kappa shape index (κ2) is 15.3. The van der Waals surface area contributed by atoms with Crippen LogP contribution in [0.15, 0.2) is 87.5 Å². The number of nitrogens with zero attached hydrogens (tertiary/aromatic N) is 5. The van der Waals surface area contributed by atoms with Gasteiger partial charge in [-0.05, 0) is 79.1 Å². The van der Waals surface area contributed by atoms with Crippen molar-refractivity contribution in [3.8, 4) is 17.6 Å². The SMILES string of the molecule is CC1(C)[C@H](C(=O)O[C@H](C#N)c2cccc(Oc3ccccc3)c2)[C@@H]1C=C(Br)Br.O=[N+]([O-])/N=C1\NCCN1Cc1ccc(Cl)nc1. The summed E-state index contributed by atoms with van der Waals surface area (Å²) in [7, 11) is 0. The molecule has 2 aromatic carbocycles. The number of halogens is 3. The van der Waals surface area contributed by atoms with Crippen LogP contribution in [-0.4, -0.2) is 39.9 Å². The van der Waals surface area contributed by atoms with Crippen LogP contribution in [0, 0.1) is 38.7 Å². The van der Waals surface area contributed by atoms with Crippen molar-refractivity contribution in [1.29, 1.82) is 5.26 Å². The average Bonchev–Trinajstić information content (AvgIpc) is 3.28. The molecule has 2 heterocycles. The molecule has 14 heteroatoms. The number of carbonyl (C=O) groups excluding carboxylic acids is 1. The van der Waals surface area contributed by atoms with Crippen LogP contribution in [0.5, 0.6) is 11.5 Å². The summed E-state index contributed by atoms with van der Waals surface area (Å²) >= 11 is 12.4. The van der Waals surface area contributed by atoms with Crippen molar-refractivity contribution in [2.75, 3.05) is 13.1 Å². The number of carbonyl (C=O) groups is 1. The Balaban J connectivity index is 0.000000231. The van der Waals surface area contributed by atoms with Crippen LogP contribution < -0.4 is 10.1 Å². The molecular weight excluding hydrogens is 732 g/mol. The molecule has 3 atom stereocenters. The number of pyridine rings is 1. The van der Waals surface area contributed by atoms with E-state index in [1.165, 1.54) is 0 Å². The first kappa shape index (κ1) is 33.9. The number of benzene rings is 2. The number of hydrazone groups is 1. The molecule has 2 aliphatic rings. The molecule has 0 radical (unpaired) electrons. The molecule has 0 amide bonds. The predicted octanol–water partition coefficient (Wildman–Crippen LogP) is 7.18. The standard InChI is InChI=1S/C22H19Br2NO3.C9H10ClN5O2/c1-22(2)17(12-19(23)24)20(22)21(26)28-18(13-25)14-7-6-10-16(11-14)27-15-8-4-3-5-9-15;10-8-2-1-7(5-12-8)6-14-4-3-11-9(14)13-15(16)17/h3-12,17-18,20H,1-2H3;1-2,5H,3-4,6H2,(H,11,13)/t17-,18+,20-;/m0./s1. The molecule has 234 valence electrons. The minimum absolute atomic E-state index is 0.0563. The third-order valence-electron chi connectivity index (χ3n) is 7.26. The van der Waals surface area contributed by atoms with Crippen LogP contribution in [0.4, 0.5) is 0 Å². The van der Waals surface area contributed by atoms with Gasteiger partial charge in [-0.2, -0.15) is 5.26 Å². The number of nitro groups is 1. The van der Waals surface area contributed by atoms with Crippen LogP contribution in [0.3, 0.4) is 0 Å². The molecular formula is C31H29Br2ClN6O5. The lowest BCUT2D eigenvalue weighted by atomic mass is 10.1. The Bertz CT molecular complexity index is 1610. The first-order valence-electron chi connectivity index (χ1n) is 13.8. The maximum atomic E-state index is 12.7. The summed E-state index contributed by atoms with van der Waals surface area (Å²) in [5.74, 6) is 0.965. The highest BCUT2D eigenvalue weighted by Crippen LogP contribution is 2.60. The molecule has 1 aliphatic carbocycles. The van der Waals surface area contributed by atoms with Crippen LogP contribution >= 0.6 is 43.5 Å². The molecule has 2 fully saturated rings. The normalized spacial score (nSPS) is 19.2. The smallest absolute Gasteiger partial charge is 0.311 e. The highest BCUT2D eigenvalue weighted by Gasteiger charge is 2.61. The van der Waals surface area contributed by atoms with E-state index in [0.717, 1.165) is 8.96 Å². The Morgan fingerprint density at radius 1 is 1.24 bits per heavy atom. The van der Waals surface area contributed by atoms with Crippen molar-refractivity contribution < 1.29 is 19.3 Å². The van der Waals surface area contributed by atoms with Gasteiger partial charge in [0.2, 0.25) is 6.10 Å². The zero-order valence-corrected chi connectivity index (χ0v) is 28.2. The van der Waals surface area contributed by atoms with Gasteiger partial charge in [0.25, 0.3) is 5.96 Å². The minimum atomic E-state index is -0.986. The van der Waals surface area contributed by atoms with E-state index in [-0.39, 0.29) is 29.2 Å². The molecule has 0 unspecified atom stereocenters. The number of hydrogen-bond donors (Lipinski definition) is 1. The van der Waals surface area contributed by atoms with Crippen LogP contribution in [0.2, 0.25) is 5.15 Å². The largest absolute Gasteiger partial charge is 0.457 e. The molecule has 1 aromatic heterocycles. The first-order chi connectivity index (χ1) is 21.5. The van der Waals surface area contributed by atoms with Gasteiger partial charge in [0.05, 0.1) is 9.31 Å². The zero-order chi connectivity index (χ0) is 32.6. The molecule has 0 bridgehead atoms. The minimum Gasteiger partial charge on any atom is -0.457 e. The Morgan fingerprint density at radius 2 is 1.98 bits per heavy atom. The fraction of sp³-hybridized carbons (Fsp3) is 0.290. The fourth-order valence-electron chi connectivity index (χ4n) is 4.87. The quantitative estimate of drug-likeness (QED) is 0.104. The number of esters is 1. The maximum Gasteiger partial charge on any atom is 0.311 e. The molecule has 1 N–H and O–H groups in total. The number of guanidine groups is 1. The summed E-state index contributed by atoms with van der Waals surface area (Å²) in [6.45, 7) is 5.87. The van der Waals surface area contributed by atoms with E-state index < -0.39 is 11.1 Å². The van der Waals surface area contributed by atoms with E-state index in [0.29, 0.717) is 41.8 Å². The van der Waals surface area contributed by atoms with Crippen molar-refractivity contribution in [2.24, 2.45) is 22.4 Å². The van der Waals surface area contributed by atoms with Crippen LogP contribution in [0.1, 0.15) is 31.1 Å². The van der Waals surface area contributed by atoms with Gasteiger partial charge in [-0.1, -0.05) is 67.9 Å². The second-order valence-electron chi connectivity index (χ2n) is 10.7. The Kier molecular flexibility index (Phi) is 11.6. The number of aromatic nitrogens is 1. The highest BCUT2D eigenvalue weighted by atomic mass is 79.9. The summed E-state index contributed by atoms with van der Waals surface area (Å²) in [5, 5.41) is 25.7. The molecule has 11 nitrogen and oxygen atoms in total. The van der Waals surface area contributed by atoms with Crippen LogP contribution in [-0.2, 0) is 16.1 Å². The topological polar surface area (TPSA) is 143 Å². The maximum absolute atomic E-state index is 12.7. The third kappa shape index (κ3) is 9.50. The van der Waals surface area contributed by atoms with Gasteiger partial charge in [0, 0.05) is 31.4 Å². The lowest BCUT2D eigenvalue weighted by Crippen LogP contribution is -2.30. The third-order valence-corrected chi connectivity index (χ3v) is 8.02. The summed E-state index contributed by atoms with van der Waals surface area (Å²) in [6.07, 6.45) is 2.60. The summed E-state index contributed by atoms with van der Waals surface area (Å²) in [4.78, 5) is 28.7. The van der Waals surface area contributed by atoms with Crippen LogP contribution in [0.25, 0.3) is 0 Å². The van der Waals surface area contributed by atoms with E-state index in [9.17, 15) is 20.2 Å². The first-order valence-corrected chi connectivity index (χ1v) is 15.7. The van der Waals surface area contributed by atoms with Gasteiger partial charge in [0.1, 0.15) is 27.8 Å². The second-order valence-corrected chi connectivity index (χ2v) is 13.9. The van der Waals surface area contributed by atoms with Crippen molar-refractivity contribution >= 4 is 55.4 Å². The molecule has 45 heavy (non-hydrogen) atoms. The lowest BCUT2D eigenvalue weighted by molar-refractivity contribution is -0.485. The fourth-order valence-corrected chi connectivity index (χ4v) is 5.55. The van der Waals surface area contributed by atoms with Gasteiger partial charge in [-0.15, -0.1) is 0 Å². The van der Waals surface area contributed by atoms with Crippen molar-refractivity contribution in [1.82, 2.24) is 15.2 Å². The summed E-state index contributed by atoms with van der Waals surface area (Å²) in [5.41, 5.74) is 1.30. The Morgan fingerprint density at radius 3 is 2.62 bits per heavy atom. The predicted molar refractivity (Wildman–Crippen MR) is 176 cm³/mol. The lowest BCUT2D eigenvalue weighted by Gasteiger charge is -2.14. The molecule has 1 saturated heterocycles. The number of nitrogens with one attached hydrogen (secondary N) is 1. The van der Waals surface area contributed by atoms with Crippen molar-refractivity contribution in [3.05, 3.63) is 109 Å². The molecule has 0 spiro atoms. The summed E-state index contributed by atoms with van der Waals surface area (Å²) in [6, 6.07) is 22.0. The number of hydrogen-bond acceptors (Lipinski definition) is 7. The van der Waals surface area contributed by atoms with E-state index in [4.69, 9.17) is 21.1 Å². The van der Waals surface area contributed by atoms with Gasteiger partial charge in [-0.3, -0.25) is 4.79 Å². The van der Waals surface area contributed by atoms with Gasteiger partial charge in [0.15, 0.2) is 5.03 Å². The zero-order valence-electron chi connectivity index (χ0n) is 24.3. The number of rotatable bonds is 9. The van der Waals surface area contributed by atoms with E-state index in [1.807, 2.05) is 56.3 Å². The van der Waals surface area contributed by atoms with Gasteiger partial charge in [-0.25, -0.2) is 15.1 Å². The molecule has 1 saturated carbocycles. The number of nitriles is 1. The Labute approximate surface area is 282 Å². The van der Waals surface area contributed by atoms with E-state index in [1.54, 1.807) is 41.4 Å². The Hall–Kier alpha value is -3.99. The van der Waals surface area contributed by atoms with E-state index >= 15 is 0 Å². The van der Waals surface area contributed by atoms with Crippen molar-refractivity contribution in [3.63, 3.8) is 0 Å². The molecule has 1 aliphatic heterocycles. The van der Waals surface area contributed by atoms with Gasteiger partial charge < -0.3 is 19.7 Å². The summed E-state index contributed by atoms with van der Waals surface area (Å²) < 4.78 is 12.2. The molecule has 5 rings (SSSR count). The average molecular weight is 761 g/mol. The highest BCUT2D eigenvalue weighted by molar-refractivity contribution is 9.28. The number of para-hydroxylation sites is 1. The van der Waals surface area contributed by atoms with Crippen molar-refractivity contribution in [2.45, 2.75) is 26.5 Å². The molecule has 3 aromatic rings. The monoisotopic (exact) mass is 758 g/mol. The van der Waals surface area contributed by atoms with Gasteiger partial charge >= 0.3 is 5.97 Å². The number of allylic oxidation sites excluding steroid dienone is 1. The number of ether oxygens (including phenoxy) is 2.